The number of sulfonamides is 1. The molecule has 1 saturated heterocycles. The summed E-state index contributed by atoms with van der Waals surface area (Å²) >= 11 is 0. The van der Waals surface area contributed by atoms with E-state index in [1.165, 1.54) is 0 Å². The summed E-state index contributed by atoms with van der Waals surface area (Å²) in [6, 6.07) is 7.18. The molecule has 1 fully saturated rings. The summed E-state index contributed by atoms with van der Waals surface area (Å²) in [5.41, 5.74) is 1.55. The highest BCUT2D eigenvalue weighted by Gasteiger charge is 2.27. The Morgan fingerprint density at radius 2 is 1.67 bits per heavy atom. The second-order valence-electron chi connectivity index (χ2n) is 4.29. The van der Waals surface area contributed by atoms with E-state index in [1.54, 1.807) is 12.1 Å². The van der Waals surface area contributed by atoms with Gasteiger partial charge < -0.3 is 10.1 Å². The topological polar surface area (TPSA) is 67.4 Å². The van der Waals surface area contributed by atoms with Crippen LogP contribution in [0.15, 0.2) is 24.3 Å². The third kappa shape index (κ3) is 3.14. The molecule has 0 saturated carbocycles. The zero-order valence-electron chi connectivity index (χ0n) is 10.3. The van der Waals surface area contributed by atoms with Crippen LogP contribution in [0.3, 0.4) is 0 Å². The van der Waals surface area contributed by atoms with Gasteiger partial charge in [0.15, 0.2) is 0 Å². The quantitative estimate of drug-likeness (QED) is 0.873. The summed E-state index contributed by atoms with van der Waals surface area (Å²) in [6.45, 7) is 1.04. The van der Waals surface area contributed by atoms with E-state index in [4.69, 9.17) is 4.74 Å². The zero-order chi connectivity index (χ0) is 13.0. The fraction of sp³-hybridized carbons (Fsp3) is 0.500. The van der Waals surface area contributed by atoms with Gasteiger partial charge in [0.25, 0.3) is 0 Å². The molecule has 18 heavy (non-hydrogen) atoms. The van der Waals surface area contributed by atoms with E-state index in [1.807, 2.05) is 19.2 Å². The van der Waals surface area contributed by atoms with Gasteiger partial charge >= 0.3 is 0 Å². The molecule has 0 aromatic heterocycles. The second-order valence-corrected chi connectivity index (χ2v) is 6.25. The molecule has 0 spiro atoms. The SMILES string of the molecule is CNc1ccc(NS(=O)(=O)C2CCOCC2)cc1. The smallest absolute Gasteiger partial charge is 0.235 e. The molecule has 0 bridgehead atoms. The third-order valence-electron chi connectivity index (χ3n) is 3.04. The molecule has 0 unspecified atom stereocenters. The number of benzene rings is 1. The van der Waals surface area contributed by atoms with Crippen molar-refractivity contribution in [2.75, 3.05) is 30.3 Å². The minimum atomic E-state index is -3.31. The van der Waals surface area contributed by atoms with Gasteiger partial charge in [-0.05, 0) is 37.1 Å². The lowest BCUT2D eigenvalue weighted by atomic mass is 10.2. The van der Waals surface area contributed by atoms with Crippen molar-refractivity contribution in [1.29, 1.82) is 0 Å². The van der Waals surface area contributed by atoms with E-state index in [0.717, 1.165) is 5.69 Å². The first kappa shape index (κ1) is 13.2. The van der Waals surface area contributed by atoms with E-state index in [9.17, 15) is 8.42 Å². The first-order valence-electron chi connectivity index (χ1n) is 5.99. The largest absolute Gasteiger partial charge is 0.388 e. The highest BCUT2D eigenvalue weighted by molar-refractivity contribution is 7.93. The molecule has 1 aliphatic rings. The van der Waals surface area contributed by atoms with Crippen LogP contribution in [0.2, 0.25) is 0 Å². The van der Waals surface area contributed by atoms with Gasteiger partial charge in [0.1, 0.15) is 0 Å². The van der Waals surface area contributed by atoms with Crippen molar-refractivity contribution in [2.24, 2.45) is 0 Å². The highest BCUT2D eigenvalue weighted by atomic mass is 32.2. The third-order valence-corrected chi connectivity index (χ3v) is 4.91. The van der Waals surface area contributed by atoms with Crippen LogP contribution in [0.4, 0.5) is 11.4 Å². The summed E-state index contributed by atoms with van der Waals surface area (Å²) in [6.07, 6.45) is 1.12. The Kier molecular flexibility index (Phi) is 4.08. The van der Waals surface area contributed by atoms with Crippen LogP contribution >= 0.6 is 0 Å². The number of nitrogens with one attached hydrogen (secondary N) is 2. The van der Waals surface area contributed by atoms with Crippen LogP contribution < -0.4 is 10.0 Å². The predicted molar refractivity (Wildman–Crippen MR) is 72.4 cm³/mol. The summed E-state index contributed by atoms with van der Waals surface area (Å²) in [5, 5.41) is 2.63. The monoisotopic (exact) mass is 270 g/mol. The molecule has 1 aromatic rings. The lowest BCUT2D eigenvalue weighted by Gasteiger charge is -2.22. The van der Waals surface area contributed by atoms with E-state index >= 15 is 0 Å². The van der Waals surface area contributed by atoms with Gasteiger partial charge in [-0.1, -0.05) is 0 Å². The number of hydrogen-bond donors (Lipinski definition) is 2. The number of ether oxygens (including phenoxy) is 1. The number of rotatable bonds is 4. The minimum Gasteiger partial charge on any atom is -0.388 e. The summed E-state index contributed by atoms with van der Waals surface area (Å²) in [5.74, 6) is 0. The van der Waals surface area contributed by atoms with Crippen molar-refractivity contribution >= 4 is 21.4 Å². The van der Waals surface area contributed by atoms with Crippen molar-refractivity contribution in [3.8, 4) is 0 Å². The molecular formula is C12H18N2O3S. The van der Waals surface area contributed by atoms with Crippen molar-refractivity contribution < 1.29 is 13.2 Å². The Bertz CT molecular complexity index is 479. The molecule has 0 radical (unpaired) electrons. The summed E-state index contributed by atoms with van der Waals surface area (Å²) in [7, 11) is -1.49. The Hall–Kier alpha value is -1.27. The molecule has 2 rings (SSSR count). The van der Waals surface area contributed by atoms with Crippen LogP contribution in [0, 0.1) is 0 Å². The molecule has 1 aromatic carbocycles. The van der Waals surface area contributed by atoms with E-state index in [-0.39, 0.29) is 5.25 Å². The van der Waals surface area contributed by atoms with E-state index in [0.29, 0.717) is 31.7 Å². The van der Waals surface area contributed by atoms with Gasteiger partial charge in [0, 0.05) is 31.6 Å². The van der Waals surface area contributed by atoms with Crippen molar-refractivity contribution in [3.05, 3.63) is 24.3 Å². The number of anilines is 2. The minimum absolute atomic E-state index is 0.352. The maximum Gasteiger partial charge on any atom is 0.235 e. The van der Waals surface area contributed by atoms with Crippen LogP contribution in [0.1, 0.15) is 12.8 Å². The molecule has 0 atom stereocenters. The zero-order valence-corrected chi connectivity index (χ0v) is 11.2. The van der Waals surface area contributed by atoms with Crippen LogP contribution in [0.5, 0.6) is 0 Å². The van der Waals surface area contributed by atoms with Gasteiger partial charge in [-0.2, -0.15) is 0 Å². The van der Waals surface area contributed by atoms with Crippen LogP contribution in [-0.2, 0) is 14.8 Å². The Morgan fingerprint density at radius 1 is 1.11 bits per heavy atom. The average molecular weight is 270 g/mol. The highest BCUT2D eigenvalue weighted by Crippen LogP contribution is 2.20. The first-order valence-corrected chi connectivity index (χ1v) is 7.53. The molecular weight excluding hydrogens is 252 g/mol. The first-order chi connectivity index (χ1) is 8.62. The van der Waals surface area contributed by atoms with Crippen molar-refractivity contribution in [1.82, 2.24) is 0 Å². The Morgan fingerprint density at radius 3 is 2.22 bits per heavy atom. The summed E-state index contributed by atoms with van der Waals surface area (Å²) < 4.78 is 32.1. The molecule has 5 nitrogen and oxygen atoms in total. The molecule has 1 heterocycles. The van der Waals surface area contributed by atoms with Crippen LogP contribution in [-0.4, -0.2) is 33.9 Å². The lowest BCUT2D eigenvalue weighted by molar-refractivity contribution is 0.0984. The van der Waals surface area contributed by atoms with Crippen molar-refractivity contribution in [3.63, 3.8) is 0 Å². The molecule has 100 valence electrons. The van der Waals surface area contributed by atoms with Gasteiger partial charge in [-0.3, -0.25) is 4.72 Å². The summed E-state index contributed by atoms with van der Waals surface area (Å²) in [4.78, 5) is 0. The number of hydrogen-bond acceptors (Lipinski definition) is 4. The van der Waals surface area contributed by atoms with E-state index in [2.05, 4.69) is 10.0 Å². The van der Waals surface area contributed by atoms with Gasteiger partial charge in [0.05, 0.1) is 5.25 Å². The van der Waals surface area contributed by atoms with Crippen LogP contribution in [0.25, 0.3) is 0 Å². The molecule has 0 amide bonds. The molecule has 2 N–H and O–H groups in total. The Labute approximate surface area is 108 Å². The second kappa shape index (κ2) is 5.58. The maximum absolute atomic E-state index is 12.1. The van der Waals surface area contributed by atoms with Gasteiger partial charge in [-0.25, -0.2) is 8.42 Å². The van der Waals surface area contributed by atoms with Gasteiger partial charge in [-0.15, -0.1) is 0 Å². The lowest BCUT2D eigenvalue weighted by Crippen LogP contribution is -2.33. The standard InChI is InChI=1S/C12H18N2O3S/c1-13-10-2-4-11(5-3-10)14-18(15,16)12-6-8-17-9-7-12/h2-5,12-14H,6-9H2,1H3. The average Bonchev–Trinajstić information content (AvgIpc) is 2.40. The van der Waals surface area contributed by atoms with Crippen molar-refractivity contribution in [2.45, 2.75) is 18.1 Å². The maximum atomic E-state index is 12.1. The normalized spacial score (nSPS) is 17.4. The van der Waals surface area contributed by atoms with Gasteiger partial charge in [0.2, 0.25) is 10.0 Å². The van der Waals surface area contributed by atoms with E-state index < -0.39 is 10.0 Å². The fourth-order valence-electron chi connectivity index (χ4n) is 1.94. The predicted octanol–water partition coefficient (Wildman–Crippen LogP) is 1.65. The fourth-order valence-corrected chi connectivity index (χ4v) is 3.38. The Balaban J connectivity index is 2.06. The molecule has 6 heteroatoms. The molecule has 1 aliphatic heterocycles. The molecule has 0 aliphatic carbocycles.